The van der Waals surface area contributed by atoms with Gasteiger partial charge in [0.05, 0.1) is 11.6 Å². The molecule has 7 nitrogen and oxygen atoms in total. The maximum atomic E-state index is 12.5. The molecular formula is C15H11F3N6O. The number of halogens is 3. The number of benzene rings is 1. The van der Waals surface area contributed by atoms with E-state index in [1.165, 1.54) is 0 Å². The second-order valence-electron chi connectivity index (χ2n) is 5.31. The Labute approximate surface area is 138 Å². The molecular weight excluding hydrogens is 337 g/mol. The Morgan fingerprint density at radius 2 is 2.04 bits per heavy atom. The number of rotatable bonds is 4. The third-order valence-electron chi connectivity index (χ3n) is 3.48. The first-order valence-electron chi connectivity index (χ1n) is 7.25. The van der Waals surface area contributed by atoms with Crippen LogP contribution in [0.4, 0.5) is 30.6 Å². The zero-order valence-electron chi connectivity index (χ0n) is 12.6. The largest absolute Gasteiger partial charge is 0.405 e. The molecule has 0 saturated heterocycles. The third-order valence-corrected chi connectivity index (χ3v) is 3.48. The predicted molar refractivity (Wildman–Crippen MR) is 85.7 cm³/mol. The Morgan fingerprint density at radius 1 is 1.16 bits per heavy atom. The maximum absolute atomic E-state index is 12.5. The molecule has 128 valence electrons. The van der Waals surface area contributed by atoms with Crippen LogP contribution in [0.5, 0.6) is 0 Å². The Balaban J connectivity index is 1.66. The number of fused-ring (bicyclic) bond motifs is 2. The van der Waals surface area contributed by atoms with Crippen molar-refractivity contribution < 1.29 is 17.7 Å². The first-order chi connectivity index (χ1) is 12.0. The summed E-state index contributed by atoms with van der Waals surface area (Å²) in [6.45, 7) is -1.18. The zero-order chi connectivity index (χ0) is 17.4. The van der Waals surface area contributed by atoms with Crippen LogP contribution in [0.2, 0.25) is 0 Å². The van der Waals surface area contributed by atoms with Gasteiger partial charge >= 0.3 is 6.18 Å². The minimum Gasteiger partial charge on any atom is -0.360 e. The molecule has 0 spiro atoms. The van der Waals surface area contributed by atoms with Gasteiger partial charge in [0, 0.05) is 17.3 Å². The Morgan fingerprint density at radius 3 is 2.88 bits per heavy atom. The predicted octanol–water partition coefficient (Wildman–Crippen LogP) is 3.82. The van der Waals surface area contributed by atoms with Crippen molar-refractivity contribution in [1.29, 1.82) is 0 Å². The molecule has 25 heavy (non-hydrogen) atoms. The summed E-state index contributed by atoms with van der Waals surface area (Å²) in [5.74, 6) is 0.257. The highest BCUT2D eigenvalue weighted by molar-refractivity contribution is 5.88. The summed E-state index contributed by atoms with van der Waals surface area (Å²) < 4.78 is 42.5. The lowest BCUT2D eigenvalue weighted by atomic mass is 10.2. The average Bonchev–Trinajstić information content (AvgIpc) is 3.19. The summed E-state index contributed by atoms with van der Waals surface area (Å²) in [7, 11) is 0. The number of alkyl halides is 3. The minimum atomic E-state index is -4.35. The van der Waals surface area contributed by atoms with Crippen LogP contribution >= 0.6 is 0 Å². The molecule has 0 unspecified atom stereocenters. The van der Waals surface area contributed by atoms with Gasteiger partial charge in [-0.05, 0) is 24.3 Å². The highest BCUT2D eigenvalue weighted by atomic mass is 19.4. The molecule has 0 bridgehead atoms. The van der Waals surface area contributed by atoms with Gasteiger partial charge in [-0.2, -0.15) is 23.1 Å². The second-order valence-corrected chi connectivity index (χ2v) is 5.31. The van der Waals surface area contributed by atoms with Gasteiger partial charge in [-0.15, -0.1) is 0 Å². The second kappa shape index (κ2) is 5.65. The summed E-state index contributed by atoms with van der Waals surface area (Å²) in [6.07, 6.45) is -1.20. The minimum absolute atomic E-state index is 0.0946. The number of H-pyrrole nitrogens is 1. The molecule has 0 radical (unpaired) electrons. The Hall–Kier alpha value is -3.30. The Kier molecular flexibility index (Phi) is 3.45. The third kappa shape index (κ3) is 3.18. The SMILES string of the molecule is FC(F)(F)CNc1nc(Nc2ccc3oncc3c2)nc2[nH]ccc12. The van der Waals surface area contributed by atoms with Crippen molar-refractivity contribution >= 4 is 39.5 Å². The van der Waals surface area contributed by atoms with Crippen molar-refractivity contribution in [3.8, 4) is 0 Å². The standard InChI is InChI=1S/C15H11F3N6O/c16-15(17,18)7-20-13-10-3-4-19-12(10)23-14(24-13)22-9-1-2-11-8(5-9)6-21-25-11/h1-6H,7H2,(H3,19,20,22,23,24). The first-order valence-corrected chi connectivity index (χ1v) is 7.25. The lowest BCUT2D eigenvalue weighted by Gasteiger charge is -2.11. The molecule has 3 heterocycles. The van der Waals surface area contributed by atoms with E-state index in [-0.39, 0.29) is 11.8 Å². The van der Waals surface area contributed by atoms with Gasteiger partial charge < -0.3 is 20.1 Å². The van der Waals surface area contributed by atoms with E-state index in [4.69, 9.17) is 4.52 Å². The van der Waals surface area contributed by atoms with Crippen LogP contribution in [-0.2, 0) is 0 Å². The highest BCUT2D eigenvalue weighted by Crippen LogP contribution is 2.26. The first kappa shape index (κ1) is 15.2. The average molecular weight is 348 g/mol. The van der Waals surface area contributed by atoms with Gasteiger partial charge in [0.1, 0.15) is 18.0 Å². The maximum Gasteiger partial charge on any atom is 0.405 e. The fraction of sp³-hybridized carbons (Fsp3) is 0.133. The summed E-state index contributed by atoms with van der Waals surface area (Å²) in [6, 6.07) is 6.84. The number of nitrogens with one attached hydrogen (secondary N) is 3. The van der Waals surface area contributed by atoms with E-state index in [1.54, 1.807) is 36.7 Å². The molecule has 0 saturated carbocycles. The molecule has 1 aromatic carbocycles. The summed E-state index contributed by atoms with van der Waals surface area (Å²) >= 11 is 0. The zero-order valence-corrected chi connectivity index (χ0v) is 12.6. The number of nitrogens with zero attached hydrogens (tertiary/aromatic N) is 3. The molecule has 10 heteroatoms. The normalized spacial score (nSPS) is 12.0. The van der Waals surface area contributed by atoms with Crippen molar-refractivity contribution in [3.63, 3.8) is 0 Å². The number of anilines is 3. The van der Waals surface area contributed by atoms with Crippen molar-refractivity contribution in [1.82, 2.24) is 20.1 Å². The van der Waals surface area contributed by atoms with Gasteiger partial charge in [-0.3, -0.25) is 0 Å². The van der Waals surface area contributed by atoms with Gasteiger partial charge in [-0.25, -0.2) is 0 Å². The summed E-state index contributed by atoms with van der Waals surface area (Å²) in [5, 5.41) is 10.2. The van der Waals surface area contributed by atoms with Crippen LogP contribution in [0.15, 0.2) is 41.2 Å². The van der Waals surface area contributed by atoms with Crippen molar-refractivity contribution in [2.45, 2.75) is 6.18 Å². The number of hydrogen-bond donors (Lipinski definition) is 3. The van der Waals surface area contributed by atoms with Gasteiger partial charge in [0.15, 0.2) is 5.58 Å². The van der Waals surface area contributed by atoms with Gasteiger partial charge in [0.2, 0.25) is 5.95 Å². The Bertz CT molecular complexity index is 1040. The van der Waals surface area contributed by atoms with Gasteiger partial charge in [0.25, 0.3) is 0 Å². The molecule has 3 aromatic heterocycles. The van der Waals surface area contributed by atoms with E-state index in [0.717, 1.165) is 5.39 Å². The molecule has 0 fully saturated rings. The number of aromatic nitrogens is 4. The molecule has 0 atom stereocenters. The quantitative estimate of drug-likeness (QED) is 0.519. The lowest BCUT2D eigenvalue weighted by molar-refractivity contribution is -0.115. The van der Waals surface area contributed by atoms with Crippen LogP contribution in [0, 0.1) is 0 Å². The van der Waals surface area contributed by atoms with Crippen LogP contribution in [-0.4, -0.2) is 32.8 Å². The van der Waals surface area contributed by atoms with E-state index in [2.05, 4.69) is 30.7 Å². The molecule has 3 N–H and O–H groups in total. The van der Waals surface area contributed by atoms with E-state index in [9.17, 15) is 13.2 Å². The van der Waals surface area contributed by atoms with Crippen molar-refractivity contribution in [2.75, 3.05) is 17.2 Å². The smallest absolute Gasteiger partial charge is 0.360 e. The molecule has 0 aliphatic carbocycles. The summed E-state index contributed by atoms with van der Waals surface area (Å²) in [4.78, 5) is 11.3. The molecule has 4 aromatic rings. The topological polar surface area (TPSA) is 91.7 Å². The highest BCUT2D eigenvalue weighted by Gasteiger charge is 2.27. The number of hydrogen-bond acceptors (Lipinski definition) is 6. The van der Waals surface area contributed by atoms with Crippen LogP contribution in [0.3, 0.4) is 0 Å². The molecule has 0 aliphatic heterocycles. The van der Waals surface area contributed by atoms with E-state index < -0.39 is 12.7 Å². The van der Waals surface area contributed by atoms with E-state index in [1.807, 2.05) is 0 Å². The fourth-order valence-electron chi connectivity index (χ4n) is 2.40. The molecule has 0 aliphatic rings. The van der Waals surface area contributed by atoms with Crippen molar-refractivity contribution in [3.05, 3.63) is 36.7 Å². The molecule has 0 amide bonds. The van der Waals surface area contributed by atoms with E-state index >= 15 is 0 Å². The number of aromatic amines is 1. The summed E-state index contributed by atoms with van der Waals surface area (Å²) in [5.41, 5.74) is 1.70. The lowest BCUT2D eigenvalue weighted by Crippen LogP contribution is -2.22. The van der Waals surface area contributed by atoms with Crippen LogP contribution in [0.25, 0.3) is 22.0 Å². The van der Waals surface area contributed by atoms with Crippen molar-refractivity contribution in [2.24, 2.45) is 0 Å². The van der Waals surface area contributed by atoms with E-state index in [0.29, 0.717) is 22.3 Å². The molecule has 4 rings (SSSR count). The monoisotopic (exact) mass is 348 g/mol. The van der Waals surface area contributed by atoms with Crippen LogP contribution in [0.1, 0.15) is 0 Å². The van der Waals surface area contributed by atoms with Crippen LogP contribution < -0.4 is 10.6 Å². The fourth-order valence-corrected chi connectivity index (χ4v) is 2.40. The van der Waals surface area contributed by atoms with Gasteiger partial charge in [-0.1, -0.05) is 5.16 Å².